The zero-order valence-electron chi connectivity index (χ0n) is 39.4. The standard InChI is InChI=1S/C52H46N6O14S2/c59-49(53-15-19-71-23-21-69-17-1-25-73(63,64)65)29-4-14-41-40(27-29)56-48-36-10-6-32-31-5-9-35-45-38(12-8-34(43(31)45)33-7-11-37(46(36)44(32)33)51(61)57(41)48)52(62)58-42-28-30(3-13-39(42)55-47(35)58)50(60)54-16-20-72-24-22-70-18-2-26-74(66,67)68/h3-14,27-28H,1-2,15-26H2,(H,53,59)(H,54,60)(H,63,64,65)(H,66,67,68). The first-order chi connectivity index (χ1) is 35.7. The molecule has 0 unspecified atom stereocenters. The largest absolute Gasteiger partial charge is 0.379 e. The molecular formula is C52H46N6O14S2. The highest BCUT2D eigenvalue weighted by atomic mass is 32.2. The summed E-state index contributed by atoms with van der Waals surface area (Å²) in [7, 11) is -8.06. The van der Waals surface area contributed by atoms with Gasteiger partial charge in [-0.05, 0) is 106 Å². The van der Waals surface area contributed by atoms with Crippen molar-refractivity contribution in [2.75, 3.05) is 77.5 Å². The number of pyridine rings is 2. The number of ether oxygens (including phenoxy) is 4. The van der Waals surface area contributed by atoms with Crippen molar-refractivity contribution in [1.29, 1.82) is 0 Å². The summed E-state index contributed by atoms with van der Waals surface area (Å²) in [4.78, 5) is 65.5. The second-order valence-electron chi connectivity index (χ2n) is 17.9. The van der Waals surface area contributed by atoms with Gasteiger partial charge in [0.05, 0.1) is 73.2 Å². The summed E-state index contributed by atoms with van der Waals surface area (Å²) >= 11 is 0. The molecule has 0 saturated carbocycles. The summed E-state index contributed by atoms with van der Waals surface area (Å²) in [5, 5.41) is 15.1. The predicted molar refractivity (Wildman–Crippen MR) is 280 cm³/mol. The van der Waals surface area contributed by atoms with Crippen LogP contribution in [-0.4, -0.2) is 134 Å². The van der Waals surface area contributed by atoms with E-state index >= 15 is 0 Å². The van der Waals surface area contributed by atoms with Crippen LogP contribution >= 0.6 is 0 Å². The molecule has 0 aliphatic heterocycles. The van der Waals surface area contributed by atoms with E-state index in [9.17, 15) is 36.0 Å². The quantitative estimate of drug-likeness (QED) is 0.0289. The van der Waals surface area contributed by atoms with E-state index in [1.165, 1.54) is 0 Å². The Morgan fingerprint density at radius 3 is 1.34 bits per heavy atom. The van der Waals surface area contributed by atoms with Crippen molar-refractivity contribution < 1.29 is 54.5 Å². The summed E-state index contributed by atoms with van der Waals surface area (Å²) in [5.74, 6) is -1.46. The highest BCUT2D eigenvalue weighted by Gasteiger charge is 2.25. The van der Waals surface area contributed by atoms with Crippen LogP contribution in [0, 0.1) is 0 Å². The molecular weight excluding hydrogens is 997 g/mol. The first-order valence-corrected chi connectivity index (χ1v) is 27.0. The Kier molecular flexibility index (Phi) is 12.9. The van der Waals surface area contributed by atoms with Crippen LogP contribution < -0.4 is 21.8 Å². The van der Waals surface area contributed by atoms with E-state index in [1.54, 1.807) is 45.2 Å². The molecule has 11 aromatic rings. The Morgan fingerprint density at radius 2 is 0.851 bits per heavy atom. The van der Waals surface area contributed by atoms with E-state index in [-0.39, 0.29) is 113 Å². The number of benzene rings is 7. The second kappa shape index (κ2) is 19.5. The van der Waals surface area contributed by atoms with Gasteiger partial charge in [-0.3, -0.25) is 37.1 Å². The fourth-order valence-electron chi connectivity index (χ4n) is 10.1. The normalized spacial score (nSPS) is 12.8. The highest BCUT2D eigenvalue weighted by Crippen LogP contribution is 2.46. The lowest BCUT2D eigenvalue weighted by molar-refractivity contribution is 0.0485. The summed E-state index contributed by atoms with van der Waals surface area (Å²) in [6, 6.07) is 25.6. The van der Waals surface area contributed by atoms with Gasteiger partial charge in [-0.2, -0.15) is 16.8 Å². The maximum Gasteiger partial charge on any atom is 0.264 e. The van der Waals surface area contributed by atoms with E-state index in [0.717, 1.165) is 53.9 Å². The van der Waals surface area contributed by atoms with E-state index in [4.69, 9.17) is 38.0 Å². The van der Waals surface area contributed by atoms with Crippen molar-refractivity contribution in [3.8, 4) is 0 Å². The molecule has 0 radical (unpaired) electrons. The zero-order chi connectivity index (χ0) is 51.5. The molecule has 0 saturated heterocycles. The lowest BCUT2D eigenvalue weighted by Gasteiger charge is -2.18. The SMILES string of the molecule is O=C(NCCOCCOCCCS(=O)(=O)O)c1ccc2c(c1)nc1c3ccc4c5ccc6c7c(ccc(c8ccc(c(=O)n21)c3c84)c57)c(=O)n1c2cc(C(=O)NCCOCCOCCCS(=O)(=O)O)ccc2nc61. The number of carbonyl (C=O) groups is 2. The third-order valence-corrected chi connectivity index (χ3v) is 14.9. The first kappa shape index (κ1) is 49.0. The number of aromatic nitrogens is 4. The molecule has 0 spiro atoms. The minimum Gasteiger partial charge on any atom is -0.379 e. The summed E-state index contributed by atoms with van der Waals surface area (Å²) in [6.07, 6.45) is 0.327. The number of amides is 2. The Hall–Kier alpha value is -7.28. The van der Waals surface area contributed by atoms with Gasteiger partial charge >= 0.3 is 0 Å². The van der Waals surface area contributed by atoms with Crippen LogP contribution in [0.2, 0.25) is 0 Å². The Morgan fingerprint density at radius 1 is 0.459 bits per heavy atom. The third kappa shape index (κ3) is 9.02. The predicted octanol–water partition coefficient (Wildman–Crippen LogP) is 5.32. The van der Waals surface area contributed by atoms with Crippen LogP contribution in [0.25, 0.3) is 98.0 Å². The van der Waals surface area contributed by atoms with Crippen molar-refractivity contribution in [1.82, 2.24) is 29.4 Å². The van der Waals surface area contributed by atoms with Crippen LogP contribution in [0.3, 0.4) is 0 Å². The fraction of sp³-hybridized carbons (Fsp3) is 0.269. The molecule has 4 heterocycles. The number of nitrogens with zero attached hydrogens (tertiary/aromatic N) is 4. The van der Waals surface area contributed by atoms with Gasteiger partial charge in [-0.25, -0.2) is 9.97 Å². The van der Waals surface area contributed by atoms with Gasteiger partial charge in [-0.15, -0.1) is 0 Å². The molecule has 2 amide bonds. The molecule has 20 nitrogen and oxygen atoms in total. The lowest BCUT2D eigenvalue weighted by atomic mass is 9.86. The molecule has 4 aromatic heterocycles. The number of imidazole rings is 2. The molecule has 22 heteroatoms. The van der Waals surface area contributed by atoms with Crippen molar-refractivity contribution in [3.05, 3.63) is 117 Å². The van der Waals surface area contributed by atoms with Crippen molar-refractivity contribution in [3.63, 3.8) is 0 Å². The number of fused-ring (bicyclic) bond motifs is 10. The van der Waals surface area contributed by atoms with E-state index in [1.807, 2.05) is 48.5 Å². The van der Waals surface area contributed by atoms with E-state index in [2.05, 4.69) is 10.6 Å². The summed E-state index contributed by atoms with van der Waals surface area (Å²) in [5.41, 5.74) is 3.11. The summed E-state index contributed by atoms with van der Waals surface area (Å²) < 4.78 is 85.6. The lowest BCUT2D eigenvalue weighted by Crippen LogP contribution is -2.27. The van der Waals surface area contributed by atoms with Gasteiger partial charge in [0.25, 0.3) is 43.2 Å². The van der Waals surface area contributed by atoms with Crippen LogP contribution in [-0.2, 0) is 39.2 Å². The minimum atomic E-state index is -4.03. The number of nitrogens with one attached hydrogen (secondary N) is 2. The molecule has 0 fully saturated rings. The monoisotopic (exact) mass is 1040 g/mol. The molecule has 11 rings (SSSR count). The second-order valence-corrected chi connectivity index (χ2v) is 21.1. The van der Waals surface area contributed by atoms with Crippen molar-refractivity contribution in [2.24, 2.45) is 0 Å². The van der Waals surface area contributed by atoms with Gasteiger partial charge in [0.15, 0.2) is 0 Å². The average molecular weight is 1040 g/mol. The van der Waals surface area contributed by atoms with Crippen LogP contribution in [0.15, 0.2) is 94.5 Å². The molecule has 0 aliphatic rings. The first-order valence-electron chi connectivity index (χ1n) is 23.8. The summed E-state index contributed by atoms with van der Waals surface area (Å²) in [6.45, 7) is 2.07. The maximum absolute atomic E-state index is 14.6. The van der Waals surface area contributed by atoms with Gasteiger partial charge in [0.2, 0.25) is 0 Å². The van der Waals surface area contributed by atoms with Gasteiger partial charge in [0, 0.05) is 69.7 Å². The highest BCUT2D eigenvalue weighted by molar-refractivity contribution is 7.86. The van der Waals surface area contributed by atoms with Crippen LogP contribution in [0.5, 0.6) is 0 Å². The fourth-order valence-corrected chi connectivity index (χ4v) is 11.0. The Bertz CT molecular complexity index is 4310. The molecule has 0 bridgehead atoms. The maximum atomic E-state index is 14.6. The minimum absolute atomic E-state index is 0.156. The molecule has 4 N–H and O–H groups in total. The molecule has 74 heavy (non-hydrogen) atoms. The van der Waals surface area contributed by atoms with Gasteiger partial charge in [0.1, 0.15) is 11.3 Å². The average Bonchev–Trinajstić information content (AvgIpc) is 3.99. The van der Waals surface area contributed by atoms with E-state index < -0.39 is 20.2 Å². The van der Waals surface area contributed by atoms with Gasteiger partial charge < -0.3 is 29.6 Å². The topological polar surface area (TPSA) is 273 Å². The van der Waals surface area contributed by atoms with Crippen LogP contribution in [0.1, 0.15) is 33.6 Å². The van der Waals surface area contributed by atoms with Gasteiger partial charge in [-0.1, -0.05) is 24.3 Å². The molecule has 380 valence electrons. The molecule has 7 aromatic carbocycles. The van der Waals surface area contributed by atoms with Crippen molar-refractivity contribution >= 4 is 130 Å². The van der Waals surface area contributed by atoms with E-state index in [0.29, 0.717) is 55.3 Å². The number of rotatable bonds is 22. The Balaban J connectivity index is 0.855. The Labute approximate surface area is 419 Å². The van der Waals surface area contributed by atoms with Crippen LogP contribution in [0.4, 0.5) is 0 Å². The number of hydrogen-bond acceptors (Lipinski definition) is 14. The van der Waals surface area contributed by atoms with Crippen molar-refractivity contribution in [2.45, 2.75) is 12.8 Å². The third-order valence-electron chi connectivity index (χ3n) is 13.3. The molecule has 0 aliphatic carbocycles. The number of carbonyl (C=O) groups excluding carboxylic acids is 2. The molecule has 0 atom stereocenters. The smallest absolute Gasteiger partial charge is 0.264 e. The number of hydrogen-bond donors (Lipinski definition) is 4. The zero-order valence-corrected chi connectivity index (χ0v) is 41.0.